The Hall–Kier alpha value is -0.830. The highest BCUT2D eigenvalue weighted by Gasteiger charge is 2.11. The molecule has 0 saturated heterocycles. The fraction of sp³-hybridized carbons (Fsp3) is 0.706. The summed E-state index contributed by atoms with van der Waals surface area (Å²) in [5, 5.41) is 1.92. The van der Waals surface area contributed by atoms with Crippen LogP contribution in [0.15, 0.2) is 11.4 Å². The number of hydrogen-bond acceptors (Lipinski definition) is 3. The monoisotopic (exact) mass is 296 g/mol. The SMILES string of the molecule is CCCCCCC(CCCC)COc1ccsc1C=O. The van der Waals surface area contributed by atoms with Crippen molar-refractivity contribution in [1.29, 1.82) is 0 Å². The Balaban J connectivity index is 2.36. The smallest absolute Gasteiger partial charge is 0.163 e. The van der Waals surface area contributed by atoms with Crippen LogP contribution in [0.3, 0.4) is 0 Å². The molecule has 0 fully saturated rings. The molecule has 1 heterocycles. The third-order valence-electron chi connectivity index (χ3n) is 3.67. The van der Waals surface area contributed by atoms with E-state index in [4.69, 9.17) is 4.74 Å². The lowest BCUT2D eigenvalue weighted by Gasteiger charge is -2.17. The van der Waals surface area contributed by atoms with E-state index in [9.17, 15) is 4.79 Å². The van der Waals surface area contributed by atoms with Crippen molar-refractivity contribution in [3.63, 3.8) is 0 Å². The largest absolute Gasteiger partial charge is 0.492 e. The minimum atomic E-state index is 0.631. The Kier molecular flexibility index (Phi) is 9.38. The van der Waals surface area contributed by atoms with E-state index >= 15 is 0 Å². The molecule has 1 unspecified atom stereocenters. The van der Waals surface area contributed by atoms with Gasteiger partial charge in [-0.15, -0.1) is 11.3 Å². The van der Waals surface area contributed by atoms with Gasteiger partial charge in [0.2, 0.25) is 0 Å². The number of ether oxygens (including phenoxy) is 1. The molecule has 0 bridgehead atoms. The molecule has 1 rings (SSSR count). The van der Waals surface area contributed by atoms with Gasteiger partial charge in [-0.2, -0.15) is 0 Å². The van der Waals surface area contributed by atoms with Crippen molar-refractivity contribution >= 4 is 17.6 Å². The number of rotatable bonds is 12. The zero-order valence-electron chi connectivity index (χ0n) is 12.9. The van der Waals surface area contributed by atoms with Crippen LogP contribution in [0.4, 0.5) is 0 Å². The zero-order valence-corrected chi connectivity index (χ0v) is 13.7. The quantitative estimate of drug-likeness (QED) is 0.364. The van der Waals surface area contributed by atoms with Crippen LogP contribution < -0.4 is 4.74 Å². The van der Waals surface area contributed by atoms with Gasteiger partial charge in [-0.1, -0.05) is 52.4 Å². The Bertz CT molecular complexity index is 360. The lowest BCUT2D eigenvalue weighted by Crippen LogP contribution is -2.12. The van der Waals surface area contributed by atoms with E-state index in [2.05, 4.69) is 13.8 Å². The van der Waals surface area contributed by atoms with Crippen LogP contribution in [0.5, 0.6) is 5.75 Å². The highest BCUT2D eigenvalue weighted by Crippen LogP contribution is 2.25. The Morgan fingerprint density at radius 1 is 1.15 bits per heavy atom. The van der Waals surface area contributed by atoms with Crippen LogP contribution >= 0.6 is 11.3 Å². The second-order valence-corrected chi connectivity index (χ2v) is 6.38. The second kappa shape index (κ2) is 10.9. The van der Waals surface area contributed by atoms with E-state index in [0.29, 0.717) is 10.8 Å². The third kappa shape index (κ3) is 6.56. The summed E-state index contributed by atoms with van der Waals surface area (Å²) in [6.45, 7) is 5.23. The number of unbranched alkanes of at least 4 members (excludes halogenated alkanes) is 4. The molecule has 0 radical (unpaired) electrons. The van der Waals surface area contributed by atoms with Gasteiger partial charge in [-0.3, -0.25) is 4.79 Å². The van der Waals surface area contributed by atoms with Crippen molar-refractivity contribution in [3.05, 3.63) is 16.3 Å². The standard InChI is InChI=1S/C17H28O2S/c1-3-5-7-8-10-15(9-6-4-2)14-19-16-11-12-20-17(16)13-18/h11-13,15H,3-10,14H2,1-2H3. The van der Waals surface area contributed by atoms with E-state index in [0.717, 1.165) is 18.6 Å². The maximum atomic E-state index is 10.9. The molecule has 3 heteroatoms. The molecular formula is C17H28O2S. The maximum Gasteiger partial charge on any atom is 0.163 e. The van der Waals surface area contributed by atoms with Crippen molar-refractivity contribution < 1.29 is 9.53 Å². The van der Waals surface area contributed by atoms with Gasteiger partial charge in [0, 0.05) is 0 Å². The van der Waals surface area contributed by atoms with Crippen LogP contribution in [0.25, 0.3) is 0 Å². The first-order chi connectivity index (χ1) is 9.81. The molecule has 0 amide bonds. The average Bonchev–Trinajstić information content (AvgIpc) is 2.93. The highest BCUT2D eigenvalue weighted by molar-refractivity contribution is 7.12. The molecular weight excluding hydrogens is 268 g/mol. The van der Waals surface area contributed by atoms with E-state index in [1.165, 1.54) is 62.7 Å². The highest BCUT2D eigenvalue weighted by atomic mass is 32.1. The predicted octanol–water partition coefficient (Wildman–Crippen LogP) is 5.72. The summed E-state index contributed by atoms with van der Waals surface area (Å²) in [5.74, 6) is 1.39. The van der Waals surface area contributed by atoms with Gasteiger partial charge in [0.05, 0.1) is 6.61 Å². The summed E-state index contributed by atoms with van der Waals surface area (Å²) < 4.78 is 5.86. The molecule has 0 aliphatic heterocycles. The van der Waals surface area contributed by atoms with Crippen molar-refractivity contribution in [2.45, 2.75) is 65.2 Å². The Morgan fingerprint density at radius 2 is 1.90 bits per heavy atom. The van der Waals surface area contributed by atoms with E-state index in [-0.39, 0.29) is 0 Å². The Morgan fingerprint density at radius 3 is 2.60 bits per heavy atom. The van der Waals surface area contributed by atoms with E-state index in [1.807, 2.05) is 11.4 Å². The molecule has 1 atom stereocenters. The van der Waals surface area contributed by atoms with Crippen LogP contribution in [-0.2, 0) is 0 Å². The minimum absolute atomic E-state index is 0.631. The van der Waals surface area contributed by atoms with Gasteiger partial charge in [-0.25, -0.2) is 0 Å². The van der Waals surface area contributed by atoms with Gasteiger partial charge in [-0.05, 0) is 30.2 Å². The summed E-state index contributed by atoms with van der Waals surface area (Å²) in [4.78, 5) is 11.6. The first-order valence-corrected chi connectivity index (χ1v) is 8.85. The van der Waals surface area contributed by atoms with Gasteiger partial charge in [0.1, 0.15) is 10.6 Å². The molecule has 0 aliphatic rings. The molecule has 0 aliphatic carbocycles. The molecule has 114 valence electrons. The van der Waals surface area contributed by atoms with Crippen molar-refractivity contribution in [2.24, 2.45) is 5.92 Å². The van der Waals surface area contributed by atoms with Crippen LogP contribution in [0.1, 0.15) is 74.9 Å². The van der Waals surface area contributed by atoms with Crippen LogP contribution in [0, 0.1) is 5.92 Å². The van der Waals surface area contributed by atoms with Crippen molar-refractivity contribution in [3.8, 4) is 5.75 Å². The minimum Gasteiger partial charge on any atom is -0.492 e. The predicted molar refractivity (Wildman–Crippen MR) is 87.0 cm³/mol. The summed E-state index contributed by atoms with van der Waals surface area (Å²) in [6.07, 6.45) is 11.1. The third-order valence-corrected chi connectivity index (χ3v) is 4.49. The number of carbonyl (C=O) groups excluding carboxylic acids is 1. The van der Waals surface area contributed by atoms with Crippen molar-refractivity contribution in [2.75, 3.05) is 6.61 Å². The number of carbonyl (C=O) groups is 1. The second-order valence-electron chi connectivity index (χ2n) is 5.44. The first kappa shape index (κ1) is 17.2. The molecule has 1 aromatic rings. The molecule has 1 aromatic heterocycles. The van der Waals surface area contributed by atoms with Crippen molar-refractivity contribution in [1.82, 2.24) is 0 Å². The van der Waals surface area contributed by atoms with E-state index in [1.54, 1.807) is 0 Å². The van der Waals surface area contributed by atoms with Gasteiger partial charge in [0.15, 0.2) is 6.29 Å². The normalized spacial score (nSPS) is 12.3. The molecule has 20 heavy (non-hydrogen) atoms. The molecule has 0 aromatic carbocycles. The summed E-state index contributed by atoms with van der Waals surface area (Å²) in [7, 11) is 0. The van der Waals surface area contributed by atoms with Crippen LogP contribution in [0.2, 0.25) is 0 Å². The fourth-order valence-corrected chi connectivity index (χ4v) is 3.02. The molecule has 0 N–H and O–H groups in total. The van der Waals surface area contributed by atoms with Gasteiger partial charge in [0.25, 0.3) is 0 Å². The topological polar surface area (TPSA) is 26.3 Å². The number of thiophene rings is 1. The zero-order chi connectivity index (χ0) is 14.6. The number of aldehydes is 1. The van der Waals surface area contributed by atoms with Gasteiger partial charge >= 0.3 is 0 Å². The summed E-state index contributed by atoms with van der Waals surface area (Å²) in [5.41, 5.74) is 0. The summed E-state index contributed by atoms with van der Waals surface area (Å²) in [6, 6.07) is 1.91. The van der Waals surface area contributed by atoms with Crippen LogP contribution in [-0.4, -0.2) is 12.9 Å². The summed E-state index contributed by atoms with van der Waals surface area (Å²) >= 11 is 1.45. The first-order valence-electron chi connectivity index (χ1n) is 7.97. The lowest BCUT2D eigenvalue weighted by molar-refractivity contribution is 0.112. The average molecular weight is 296 g/mol. The molecule has 2 nitrogen and oxygen atoms in total. The number of hydrogen-bond donors (Lipinski definition) is 0. The Labute approximate surface area is 127 Å². The molecule has 0 spiro atoms. The fourth-order valence-electron chi connectivity index (χ4n) is 2.39. The maximum absolute atomic E-state index is 10.9. The van der Waals surface area contributed by atoms with E-state index < -0.39 is 0 Å². The lowest BCUT2D eigenvalue weighted by atomic mass is 9.96. The van der Waals surface area contributed by atoms with Gasteiger partial charge < -0.3 is 4.74 Å². The molecule has 0 saturated carbocycles.